The lowest BCUT2D eigenvalue weighted by Crippen LogP contribution is -2.03. The van der Waals surface area contributed by atoms with E-state index in [0.717, 1.165) is 16.5 Å². The van der Waals surface area contributed by atoms with Crippen LogP contribution in [0.5, 0.6) is 0 Å². The molecule has 0 atom stereocenters. The van der Waals surface area contributed by atoms with Crippen LogP contribution in [0.4, 0.5) is 5.13 Å². The normalized spacial score (nSPS) is 15.2. The highest BCUT2D eigenvalue weighted by Crippen LogP contribution is 2.29. The first kappa shape index (κ1) is 9.09. The van der Waals surface area contributed by atoms with Gasteiger partial charge >= 0.3 is 0 Å². The van der Waals surface area contributed by atoms with E-state index in [2.05, 4.69) is 10.3 Å². The molecule has 13 heavy (non-hydrogen) atoms. The maximum absolute atomic E-state index is 4.97. The molecule has 2 rings (SSSR count). The molecule has 0 amide bonds. The number of thiazole rings is 1. The van der Waals surface area contributed by atoms with Crippen LogP contribution in [0.3, 0.4) is 0 Å². The molecule has 1 aromatic heterocycles. The van der Waals surface area contributed by atoms with E-state index < -0.39 is 0 Å². The molecule has 0 saturated heterocycles. The predicted octanol–water partition coefficient (Wildman–Crippen LogP) is 2.78. The van der Waals surface area contributed by atoms with Gasteiger partial charge < -0.3 is 5.32 Å². The summed E-state index contributed by atoms with van der Waals surface area (Å²) in [6.07, 6.45) is 4.94. The van der Waals surface area contributed by atoms with Gasteiger partial charge in [-0.15, -0.1) is 11.3 Å². The van der Waals surface area contributed by atoms with Crippen LogP contribution < -0.4 is 5.32 Å². The highest BCUT2D eigenvalue weighted by atomic mass is 32.1. The molecule has 1 N–H and O–H groups in total. The Morgan fingerprint density at radius 2 is 2.23 bits per heavy atom. The molecule has 0 fully saturated rings. The first-order valence-corrected chi connectivity index (χ1v) is 5.74. The summed E-state index contributed by atoms with van der Waals surface area (Å²) in [6.45, 7) is 1.88. The Morgan fingerprint density at radius 1 is 1.46 bits per heavy atom. The maximum atomic E-state index is 4.97. The van der Waals surface area contributed by atoms with Crippen LogP contribution in [-0.2, 0) is 12.8 Å². The molecule has 0 spiro atoms. The van der Waals surface area contributed by atoms with Crippen LogP contribution in [0.2, 0.25) is 0 Å². The number of aryl methyl sites for hydroxylation is 2. The molecule has 0 aromatic carbocycles. The summed E-state index contributed by atoms with van der Waals surface area (Å²) in [5, 5.41) is 4.07. The van der Waals surface area contributed by atoms with Gasteiger partial charge in [-0.2, -0.15) is 0 Å². The van der Waals surface area contributed by atoms with E-state index in [9.17, 15) is 0 Å². The lowest BCUT2D eigenvalue weighted by atomic mass is 10.0. The summed E-state index contributed by atoms with van der Waals surface area (Å²) in [5.74, 6) is 0. The molecular formula is C9H12N2S2. The molecule has 70 valence electrons. The topological polar surface area (TPSA) is 24.9 Å². The minimum atomic E-state index is 0.797. The van der Waals surface area contributed by atoms with Gasteiger partial charge in [-0.05, 0) is 32.6 Å². The molecule has 1 heterocycles. The van der Waals surface area contributed by atoms with Crippen molar-refractivity contribution in [3.8, 4) is 0 Å². The number of nitrogens with zero attached hydrogens (tertiary/aromatic N) is 1. The van der Waals surface area contributed by atoms with Gasteiger partial charge in [-0.3, -0.25) is 0 Å². The third-order valence-corrected chi connectivity index (χ3v) is 3.30. The highest BCUT2D eigenvalue weighted by molar-refractivity contribution is 7.80. The largest absolute Gasteiger partial charge is 0.326 e. The lowest BCUT2D eigenvalue weighted by molar-refractivity contribution is 0.683. The molecule has 2 nitrogen and oxygen atoms in total. The zero-order chi connectivity index (χ0) is 9.26. The van der Waals surface area contributed by atoms with Gasteiger partial charge in [0.25, 0.3) is 0 Å². The summed E-state index contributed by atoms with van der Waals surface area (Å²) in [7, 11) is 0. The van der Waals surface area contributed by atoms with Crippen molar-refractivity contribution in [3.05, 3.63) is 10.6 Å². The van der Waals surface area contributed by atoms with Crippen molar-refractivity contribution in [1.82, 2.24) is 4.98 Å². The summed E-state index contributed by atoms with van der Waals surface area (Å²) in [4.78, 5) is 6.76. The Balaban J connectivity index is 2.20. The standard InChI is InChI=1S/C9H12N2S2/c1-6(12)10-9-11-7-4-2-3-5-8(7)13-9/h2-5H2,1H3,(H,10,11,12). The molecule has 0 radical (unpaired) electrons. The fourth-order valence-electron chi connectivity index (χ4n) is 1.56. The van der Waals surface area contributed by atoms with Gasteiger partial charge in [-0.1, -0.05) is 12.2 Å². The Morgan fingerprint density at radius 3 is 2.92 bits per heavy atom. The second kappa shape index (κ2) is 3.72. The monoisotopic (exact) mass is 212 g/mol. The average molecular weight is 212 g/mol. The van der Waals surface area contributed by atoms with E-state index >= 15 is 0 Å². The molecule has 1 aromatic rings. The lowest BCUT2D eigenvalue weighted by Gasteiger charge is -2.06. The van der Waals surface area contributed by atoms with E-state index in [0.29, 0.717) is 0 Å². The van der Waals surface area contributed by atoms with Gasteiger partial charge in [0.05, 0.1) is 10.7 Å². The Hall–Kier alpha value is -0.480. The SMILES string of the molecule is CC(=S)Nc1nc2c(s1)CCCC2. The molecule has 0 aliphatic heterocycles. The molecule has 0 unspecified atom stereocenters. The summed E-state index contributed by atoms with van der Waals surface area (Å²) < 4.78 is 0. The van der Waals surface area contributed by atoms with Gasteiger partial charge in [0.1, 0.15) is 0 Å². The van der Waals surface area contributed by atoms with E-state index in [1.165, 1.54) is 29.8 Å². The second-order valence-electron chi connectivity index (χ2n) is 3.28. The number of aromatic nitrogens is 1. The number of hydrogen-bond acceptors (Lipinski definition) is 3. The van der Waals surface area contributed by atoms with Crippen LogP contribution in [-0.4, -0.2) is 9.97 Å². The van der Waals surface area contributed by atoms with Crippen LogP contribution in [0, 0.1) is 0 Å². The van der Waals surface area contributed by atoms with Crippen molar-refractivity contribution >= 4 is 33.7 Å². The number of fused-ring (bicyclic) bond motifs is 1. The van der Waals surface area contributed by atoms with Crippen molar-refractivity contribution in [1.29, 1.82) is 0 Å². The van der Waals surface area contributed by atoms with Gasteiger partial charge in [0, 0.05) is 4.88 Å². The second-order valence-corrected chi connectivity index (χ2v) is 4.97. The van der Waals surface area contributed by atoms with Crippen LogP contribution >= 0.6 is 23.6 Å². The van der Waals surface area contributed by atoms with Crippen molar-refractivity contribution in [2.45, 2.75) is 32.6 Å². The van der Waals surface area contributed by atoms with Gasteiger partial charge in [0.2, 0.25) is 0 Å². The van der Waals surface area contributed by atoms with Crippen LogP contribution in [0.1, 0.15) is 30.3 Å². The Bertz CT molecular complexity index is 307. The minimum Gasteiger partial charge on any atom is -0.326 e. The zero-order valence-electron chi connectivity index (χ0n) is 7.59. The molecule has 0 saturated carbocycles. The minimum absolute atomic E-state index is 0.797. The maximum Gasteiger partial charge on any atom is 0.187 e. The van der Waals surface area contributed by atoms with Crippen LogP contribution in [0.15, 0.2) is 0 Å². The van der Waals surface area contributed by atoms with E-state index in [1.807, 2.05) is 6.92 Å². The number of anilines is 1. The summed E-state index contributed by atoms with van der Waals surface area (Å²) >= 11 is 6.73. The summed E-state index contributed by atoms with van der Waals surface area (Å²) in [5.41, 5.74) is 1.29. The summed E-state index contributed by atoms with van der Waals surface area (Å²) in [6, 6.07) is 0. The number of hydrogen-bond donors (Lipinski definition) is 1. The molecule has 1 aliphatic carbocycles. The number of rotatable bonds is 1. The first-order valence-electron chi connectivity index (χ1n) is 4.52. The quantitative estimate of drug-likeness (QED) is 0.725. The number of thiocarbonyl (C=S) groups is 1. The fraction of sp³-hybridized carbons (Fsp3) is 0.556. The van der Waals surface area contributed by atoms with E-state index in [4.69, 9.17) is 12.2 Å². The van der Waals surface area contributed by atoms with Crippen LogP contribution in [0.25, 0.3) is 0 Å². The smallest absolute Gasteiger partial charge is 0.187 e. The Kier molecular flexibility index (Phi) is 2.60. The van der Waals surface area contributed by atoms with Gasteiger partial charge in [0.15, 0.2) is 5.13 Å². The van der Waals surface area contributed by atoms with Crippen molar-refractivity contribution < 1.29 is 0 Å². The van der Waals surface area contributed by atoms with Crippen molar-refractivity contribution in [2.75, 3.05) is 5.32 Å². The van der Waals surface area contributed by atoms with E-state index in [-0.39, 0.29) is 0 Å². The van der Waals surface area contributed by atoms with Crippen molar-refractivity contribution in [3.63, 3.8) is 0 Å². The zero-order valence-corrected chi connectivity index (χ0v) is 9.23. The first-order chi connectivity index (χ1) is 6.25. The molecular weight excluding hydrogens is 200 g/mol. The third kappa shape index (κ3) is 2.06. The predicted molar refractivity (Wildman–Crippen MR) is 60.7 cm³/mol. The molecule has 0 bridgehead atoms. The van der Waals surface area contributed by atoms with Gasteiger partial charge in [-0.25, -0.2) is 4.98 Å². The highest BCUT2D eigenvalue weighted by Gasteiger charge is 2.14. The van der Waals surface area contributed by atoms with Crippen molar-refractivity contribution in [2.24, 2.45) is 0 Å². The third-order valence-electron chi connectivity index (χ3n) is 2.13. The molecule has 4 heteroatoms. The Labute approximate surface area is 87.4 Å². The number of nitrogens with one attached hydrogen (secondary N) is 1. The average Bonchev–Trinajstić information content (AvgIpc) is 2.44. The fourth-order valence-corrected chi connectivity index (χ4v) is 2.82. The van der Waals surface area contributed by atoms with E-state index in [1.54, 1.807) is 11.3 Å². The molecule has 1 aliphatic rings.